The molecule has 2 aromatic carbocycles. The van der Waals surface area contributed by atoms with Crippen molar-refractivity contribution in [3.05, 3.63) is 42.5 Å². The van der Waals surface area contributed by atoms with Gasteiger partial charge in [-0.1, -0.05) is 36.4 Å². The lowest BCUT2D eigenvalue weighted by molar-refractivity contribution is 0.714. The Hall–Kier alpha value is -1.54. The summed E-state index contributed by atoms with van der Waals surface area (Å²) in [6.45, 7) is 2.14. The molecule has 2 rings (SSSR count). The third-order valence-corrected chi connectivity index (χ3v) is 3.10. The molecule has 0 amide bonds. The van der Waals surface area contributed by atoms with Gasteiger partial charge < -0.3 is 10.2 Å². The monoisotopic (exact) mass is 228 g/mol. The van der Waals surface area contributed by atoms with Gasteiger partial charge in [-0.15, -0.1) is 0 Å². The van der Waals surface area contributed by atoms with E-state index in [2.05, 4.69) is 59.7 Å². The molecule has 0 spiro atoms. The van der Waals surface area contributed by atoms with Crippen LogP contribution in [0.4, 0.5) is 5.69 Å². The molecule has 0 aromatic heterocycles. The van der Waals surface area contributed by atoms with E-state index in [1.54, 1.807) is 0 Å². The highest BCUT2D eigenvalue weighted by molar-refractivity contribution is 5.94. The van der Waals surface area contributed by atoms with Crippen LogP contribution in [-0.4, -0.2) is 27.2 Å². The largest absolute Gasteiger partial charge is 0.374 e. The molecule has 0 radical (unpaired) electrons. The second-order valence-electron chi connectivity index (χ2n) is 4.38. The fourth-order valence-corrected chi connectivity index (χ4v) is 2.15. The second kappa shape index (κ2) is 5.69. The summed E-state index contributed by atoms with van der Waals surface area (Å²) in [4.78, 5) is 2.33. The number of benzene rings is 2. The minimum Gasteiger partial charge on any atom is -0.374 e. The van der Waals surface area contributed by atoms with E-state index in [1.165, 1.54) is 16.5 Å². The Labute approximate surface area is 103 Å². The van der Waals surface area contributed by atoms with E-state index >= 15 is 0 Å². The Morgan fingerprint density at radius 1 is 1.06 bits per heavy atom. The van der Waals surface area contributed by atoms with E-state index < -0.39 is 0 Å². The molecular formula is C15H20N2. The summed E-state index contributed by atoms with van der Waals surface area (Å²) in [5.41, 5.74) is 1.32. The lowest BCUT2D eigenvalue weighted by Gasteiger charge is -2.21. The van der Waals surface area contributed by atoms with E-state index in [0.29, 0.717) is 0 Å². The number of rotatable bonds is 5. The summed E-state index contributed by atoms with van der Waals surface area (Å²) >= 11 is 0. The minimum atomic E-state index is 1.06. The maximum Gasteiger partial charge on any atom is 0.0443 e. The van der Waals surface area contributed by atoms with Crippen LogP contribution in [0.3, 0.4) is 0 Å². The van der Waals surface area contributed by atoms with Crippen LogP contribution in [-0.2, 0) is 0 Å². The van der Waals surface area contributed by atoms with E-state index in [4.69, 9.17) is 0 Å². The van der Waals surface area contributed by atoms with E-state index in [9.17, 15) is 0 Å². The lowest BCUT2D eigenvalue weighted by atomic mass is 10.1. The highest BCUT2D eigenvalue weighted by Crippen LogP contribution is 2.25. The summed E-state index contributed by atoms with van der Waals surface area (Å²) in [7, 11) is 4.16. The normalized spacial score (nSPS) is 10.7. The minimum absolute atomic E-state index is 1.06. The van der Waals surface area contributed by atoms with Gasteiger partial charge in [0.15, 0.2) is 0 Å². The van der Waals surface area contributed by atoms with Crippen molar-refractivity contribution in [1.29, 1.82) is 0 Å². The van der Waals surface area contributed by atoms with Gasteiger partial charge in [-0.25, -0.2) is 0 Å². The van der Waals surface area contributed by atoms with Gasteiger partial charge in [-0.2, -0.15) is 0 Å². The first-order chi connectivity index (χ1) is 8.33. The van der Waals surface area contributed by atoms with Crippen molar-refractivity contribution in [2.75, 3.05) is 32.1 Å². The van der Waals surface area contributed by atoms with Crippen LogP contribution in [0.5, 0.6) is 0 Å². The van der Waals surface area contributed by atoms with Crippen molar-refractivity contribution in [3.8, 4) is 0 Å². The fourth-order valence-electron chi connectivity index (χ4n) is 2.15. The summed E-state index contributed by atoms with van der Waals surface area (Å²) in [5.74, 6) is 0. The molecule has 0 saturated carbocycles. The maximum atomic E-state index is 3.19. The molecule has 0 aliphatic rings. The topological polar surface area (TPSA) is 15.3 Å². The first-order valence-electron chi connectivity index (χ1n) is 6.16. The zero-order valence-electron chi connectivity index (χ0n) is 10.6. The molecule has 1 N–H and O–H groups in total. The summed E-state index contributed by atoms with van der Waals surface area (Å²) in [6.07, 6.45) is 1.16. The number of nitrogens with one attached hydrogen (secondary N) is 1. The van der Waals surface area contributed by atoms with Crippen molar-refractivity contribution in [2.24, 2.45) is 0 Å². The maximum absolute atomic E-state index is 3.19. The first kappa shape index (κ1) is 11.9. The molecule has 90 valence electrons. The van der Waals surface area contributed by atoms with E-state index in [1.807, 2.05) is 7.05 Å². The lowest BCUT2D eigenvalue weighted by Crippen LogP contribution is -2.22. The standard InChI is InChI=1S/C15H20N2/c1-16-11-6-12-17(2)15-10-5-8-13-7-3-4-9-14(13)15/h3-5,7-10,16H,6,11-12H2,1-2H3. The van der Waals surface area contributed by atoms with Gasteiger partial charge in [0.25, 0.3) is 0 Å². The summed E-state index contributed by atoms with van der Waals surface area (Å²) in [5, 5.41) is 5.83. The van der Waals surface area contributed by atoms with Gasteiger partial charge in [-0.3, -0.25) is 0 Å². The molecule has 2 nitrogen and oxygen atoms in total. The van der Waals surface area contributed by atoms with Crippen molar-refractivity contribution in [1.82, 2.24) is 5.32 Å². The molecule has 0 fully saturated rings. The van der Waals surface area contributed by atoms with Crippen LogP contribution in [0.25, 0.3) is 10.8 Å². The Bertz CT molecular complexity index is 474. The summed E-state index contributed by atoms with van der Waals surface area (Å²) in [6, 6.07) is 15.0. The van der Waals surface area contributed by atoms with Gasteiger partial charge >= 0.3 is 0 Å². The number of nitrogens with zero attached hydrogens (tertiary/aromatic N) is 1. The average Bonchev–Trinajstić information content (AvgIpc) is 2.38. The molecule has 0 saturated heterocycles. The molecule has 0 heterocycles. The van der Waals surface area contributed by atoms with Crippen LogP contribution in [0.1, 0.15) is 6.42 Å². The molecule has 2 aromatic rings. The van der Waals surface area contributed by atoms with Gasteiger partial charge in [-0.05, 0) is 31.5 Å². The SMILES string of the molecule is CNCCCN(C)c1cccc2ccccc12. The third kappa shape index (κ3) is 2.77. The molecule has 0 aliphatic carbocycles. The second-order valence-corrected chi connectivity index (χ2v) is 4.38. The van der Waals surface area contributed by atoms with Crippen LogP contribution in [0, 0.1) is 0 Å². The van der Waals surface area contributed by atoms with Crippen LogP contribution in [0.15, 0.2) is 42.5 Å². The number of anilines is 1. The number of fused-ring (bicyclic) bond motifs is 1. The highest BCUT2D eigenvalue weighted by atomic mass is 15.1. The van der Waals surface area contributed by atoms with Gasteiger partial charge in [0.05, 0.1) is 0 Å². The zero-order chi connectivity index (χ0) is 12.1. The number of hydrogen-bond acceptors (Lipinski definition) is 2. The molecule has 2 heteroatoms. The summed E-state index contributed by atoms with van der Waals surface area (Å²) < 4.78 is 0. The molecular weight excluding hydrogens is 208 g/mol. The van der Waals surface area contributed by atoms with Crippen molar-refractivity contribution < 1.29 is 0 Å². The molecule has 0 aliphatic heterocycles. The molecule has 0 unspecified atom stereocenters. The Morgan fingerprint density at radius 2 is 1.82 bits per heavy atom. The molecule has 17 heavy (non-hydrogen) atoms. The Morgan fingerprint density at radius 3 is 2.65 bits per heavy atom. The van der Waals surface area contributed by atoms with Gasteiger partial charge in [0, 0.05) is 24.7 Å². The average molecular weight is 228 g/mol. The Kier molecular flexibility index (Phi) is 3.99. The van der Waals surface area contributed by atoms with Gasteiger partial charge in [0.2, 0.25) is 0 Å². The smallest absolute Gasteiger partial charge is 0.0443 e. The van der Waals surface area contributed by atoms with E-state index in [0.717, 1.165) is 19.5 Å². The molecule has 0 atom stereocenters. The highest BCUT2D eigenvalue weighted by Gasteiger charge is 2.04. The Balaban J connectivity index is 2.22. The zero-order valence-corrected chi connectivity index (χ0v) is 10.6. The quantitative estimate of drug-likeness (QED) is 0.792. The predicted molar refractivity (Wildman–Crippen MR) is 75.8 cm³/mol. The first-order valence-corrected chi connectivity index (χ1v) is 6.16. The van der Waals surface area contributed by atoms with Gasteiger partial charge in [0.1, 0.15) is 0 Å². The van der Waals surface area contributed by atoms with Crippen molar-refractivity contribution >= 4 is 16.5 Å². The van der Waals surface area contributed by atoms with E-state index in [-0.39, 0.29) is 0 Å². The predicted octanol–water partition coefficient (Wildman–Crippen LogP) is 2.89. The van der Waals surface area contributed by atoms with Crippen molar-refractivity contribution in [2.45, 2.75) is 6.42 Å². The third-order valence-electron chi connectivity index (χ3n) is 3.10. The van der Waals surface area contributed by atoms with Crippen LogP contribution in [0.2, 0.25) is 0 Å². The van der Waals surface area contributed by atoms with Crippen LogP contribution >= 0.6 is 0 Å². The molecule has 0 bridgehead atoms. The van der Waals surface area contributed by atoms with Crippen LogP contribution < -0.4 is 10.2 Å². The number of hydrogen-bond donors (Lipinski definition) is 1. The fraction of sp³-hybridized carbons (Fsp3) is 0.333. The van der Waals surface area contributed by atoms with Crippen molar-refractivity contribution in [3.63, 3.8) is 0 Å².